The highest BCUT2D eigenvalue weighted by molar-refractivity contribution is 5.66. The van der Waals surface area contributed by atoms with Gasteiger partial charge in [-0.15, -0.1) is 0 Å². The Morgan fingerprint density at radius 1 is 1.05 bits per heavy atom. The summed E-state index contributed by atoms with van der Waals surface area (Å²) in [6.45, 7) is 2.32. The molecule has 1 atom stereocenters. The first kappa shape index (κ1) is 15.9. The predicted octanol–water partition coefficient (Wildman–Crippen LogP) is 3.90. The first-order valence-electron chi connectivity index (χ1n) is 7.29. The minimum Gasteiger partial charge on any atom is -0.487 e. The molecule has 2 rings (SSSR count). The Morgan fingerprint density at radius 2 is 1.68 bits per heavy atom. The van der Waals surface area contributed by atoms with Gasteiger partial charge in [0.15, 0.2) is 11.5 Å². The molecule has 0 aliphatic heterocycles. The van der Waals surface area contributed by atoms with E-state index in [9.17, 15) is 4.79 Å². The fourth-order valence-corrected chi connectivity index (χ4v) is 2.00. The summed E-state index contributed by atoms with van der Waals surface area (Å²) in [7, 11) is 0. The van der Waals surface area contributed by atoms with E-state index in [2.05, 4.69) is 0 Å². The third kappa shape index (κ3) is 5.13. The Kier molecular flexibility index (Phi) is 5.83. The molecule has 1 unspecified atom stereocenters. The van der Waals surface area contributed by atoms with Crippen LogP contribution in [0.2, 0.25) is 0 Å². The molecule has 0 aliphatic rings. The number of aliphatic carboxylic acids is 1. The Bertz CT molecular complexity index is 595. The fraction of sp³-hybridized carbons (Fsp3) is 0.278. The monoisotopic (exact) mass is 300 g/mol. The van der Waals surface area contributed by atoms with Gasteiger partial charge in [-0.3, -0.25) is 4.79 Å². The maximum absolute atomic E-state index is 10.6. The van der Waals surface area contributed by atoms with Crippen LogP contribution in [-0.2, 0) is 11.4 Å². The van der Waals surface area contributed by atoms with Gasteiger partial charge in [0.25, 0.3) is 0 Å². The van der Waals surface area contributed by atoms with E-state index in [4.69, 9.17) is 14.6 Å². The average molecular weight is 300 g/mol. The lowest BCUT2D eigenvalue weighted by Crippen LogP contribution is -2.14. The fourth-order valence-electron chi connectivity index (χ4n) is 2.00. The van der Waals surface area contributed by atoms with E-state index in [1.54, 1.807) is 0 Å². The highest BCUT2D eigenvalue weighted by Gasteiger charge is 2.11. The number of carbonyl (C=O) groups is 1. The summed E-state index contributed by atoms with van der Waals surface area (Å²) in [5.41, 5.74) is 1.08. The van der Waals surface area contributed by atoms with Crippen LogP contribution in [0.3, 0.4) is 0 Å². The molecule has 116 valence electrons. The van der Waals surface area contributed by atoms with Gasteiger partial charge in [-0.25, -0.2) is 0 Å². The quantitative estimate of drug-likeness (QED) is 0.803. The van der Waals surface area contributed by atoms with E-state index >= 15 is 0 Å². The zero-order valence-electron chi connectivity index (χ0n) is 12.6. The summed E-state index contributed by atoms with van der Waals surface area (Å²) in [6, 6.07) is 17.3. The molecule has 0 aromatic heterocycles. The van der Waals surface area contributed by atoms with Crippen LogP contribution in [0, 0.1) is 0 Å². The van der Waals surface area contributed by atoms with Crippen LogP contribution in [0.15, 0.2) is 54.6 Å². The Labute approximate surface area is 130 Å². The number of carboxylic acids is 1. The van der Waals surface area contributed by atoms with Gasteiger partial charge in [-0.05, 0) is 31.0 Å². The molecule has 4 heteroatoms. The highest BCUT2D eigenvalue weighted by Crippen LogP contribution is 2.28. The SMILES string of the molecule is CC(CCC(=O)O)Oc1ccccc1OCc1ccccc1. The van der Waals surface area contributed by atoms with Crippen LogP contribution in [-0.4, -0.2) is 17.2 Å². The van der Waals surface area contributed by atoms with Gasteiger partial charge < -0.3 is 14.6 Å². The molecule has 0 spiro atoms. The standard InChI is InChI=1S/C18H20O4/c1-14(11-12-18(19)20)22-17-10-6-5-9-16(17)21-13-15-7-3-2-4-8-15/h2-10,14H,11-13H2,1H3,(H,19,20). The van der Waals surface area contributed by atoms with Crippen LogP contribution in [0.25, 0.3) is 0 Å². The normalized spacial score (nSPS) is 11.7. The van der Waals surface area contributed by atoms with Crippen molar-refractivity contribution in [2.75, 3.05) is 0 Å². The molecule has 0 heterocycles. The van der Waals surface area contributed by atoms with Crippen LogP contribution >= 0.6 is 0 Å². The van der Waals surface area contributed by atoms with Gasteiger partial charge >= 0.3 is 5.97 Å². The zero-order chi connectivity index (χ0) is 15.8. The molecule has 2 aromatic rings. The van der Waals surface area contributed by atoms with E-state index in [1.807, 2.05) is 61.5 Å². The van der Waals surface area contributed by atoms with Crippen molar-refractivity contribution in [2.45, 2.75) is 32.5 Å². The summed E-state index contributed by atoms with van der Waals surface area (Å²) in [5.74, 6) is 0.480. The smallest absolute Gasteiger partial charge is 0.303 e. The number of ether oxygens (including phenoxy) is 2. The second-order valence-corrected chi connectivity index (χ2v) is 5.08. The molecule has 0 saturated carbocycles. The topological polar surface area (TPSA) is 55.8 Å². The lowest BCUT2D eigenvalue weighted by atomic mass is 10.2. The van der Waals surface area contributed by atoms with Gasteiger partial charge in [0.1, 0.15) is 6.61 Å². The van der Waals surface area contributed by atoms with Crippen molar-refractivity contribution >= 4 is 5.97 Å². The summed E-state index contributed by atoms with van der Waals surface area (Å²) < 4.78 is 11.6. The lowest BCUT2D eigenvalue weighted by Gasteiger charge is -2.17. The van der Waals surface area contributed by atoms with E-state index in [0.29, 0.717) is 24.5 Å². The molecular formula is C18H20O4. The van der Waals surface area contributed by atoms with Gasteiger partial charge in [-0.1, -0.05) is 42.5 Å². The van der Waals surface area contributed by atoms with Gasteiger partial charge in [0.05, 0.1) is 6.10 Å². The predicted molar refractivity (Wildman–Crippen MR) is 84.2 cm³/mol. The molecule has 2 aromatic carbocycles. The number of carboxylic acid groups (broad SMARTS) is 1. The molecule has 0 bridgehead atoms. The molecule has 0 radical (unpaired) electrons. The van der Waals surface area contributed by atoms with Crippen LogP contribution < -0.4 is 9.47 Å². The van der Waals surface area contributed by atoms with E-state index in [0.717, 1.165) is 5.56 Å². The Morgan fingerprint density at radius 3 is 2.36 bits per heavy atom. The van der Waals surface area contributed by atoms with Crippen LogP contribution in [0.1, 0.15) is 25.3 Å². The Balaban J connectivity index is 1.96. The van der Waals surface area contributed by atoms with Crippen molar-refractivity contribution < 1.29 is 19.4 Å². The second-order valence-electron chi connectivity index (χ2n) is 5.08. The third-order valence-corrected chi connectivity index (χ3v) is 3.18. The van der Waals surface area contributed by atoms with E-state index < -0.39 is 5.97 Å². The summed E-state index contributed by atoms with van der Waals surface area (Å²) in [5, 5.41) is 8.71. The maximum Gasteiger partial charge on any atom is 0.303 e. The largest absolute Gasteiger partial charge is 0.487 e. The zero-order valence-corrected chi connectivity index (χ0v) is 12.6. The minimum atomic E-state index is -0.816. The highest BCUT2D eigenvalue weighted by atomic mass is 16.5. The Hall–Kier alpha value is -2.49. The molecule has 0 amide bonds. The molecule has 22 heavy (non-hydrogen) atoms. The first-order chi connectivity index (χ1) is 10.6. The molecule has 0 aliphatic carbocycles. The van der Waals surface area contributed by atoms with Crippen molar-refractivity contribution in [1.82, 2.24) is 0 Å². The molecular weight excluding hydrogens is 280 g/mol. The van der Waals surface area contributed by atoms with Gasteiger partial charge in [0, 0.05) is 6.42 Å². The number of hydrogen-bond acceptors (Lipinski definition) is 3. The molecule has 0 saturated heterocycles. The maximum atomic E-state index is 10.6. The minimum absolute atomic E-state index is 0.0915. The van der Waals surface area contributed by atoms with Crippen molar-refractivity contribution in [2.24, 2.45) is 0 Å². The molecule has 1 N–H and O–H groups in total. The number of hydrogen-bond donors (Lipinski definition) is 1. The summed E-state index contributed by atoms with van der Waals surface area (Å²) >= 11 is 0. The van der Waals surface area contributed by atoms with Crippen LogP contribution in [0.4, 0.5) is 0 Å². The number of benzene rings is 2. The van der Waals surface area contributed by atoms with Crippen molar-refractivity contribution in [3.63, 3.8) is 0 Å². The second kappa shape index (κ2) is 8.08. The summed E-state index contributed by atoms with van der Waals surface area (Å²) in [4.78, 5) is 10.6. The third-order valence-electron chi connectivity index (χ3n) is 3.18. The lowest BCUT2D eigenvalue weighted by molar-refractivity contribution is -0.137. The van der Waals surface area contributed by atoms with E-state index in [-0.39, 0.29) is 12.5 Å². The number of para-hydroxylation sites is 2. The van der Waals surface area contributed by atoms with Crippen molar-refractivity contribution in [1.29, 1.82) is 0 Å². The summed E-state index contributed by atoms with van der Waals surface area (Å²) in [6.07, 6.45) is 0.369. The number of rotatable bonds is 8. The molecule has 0 fully saturated rings. The van der Waals surface area contributed by atoms with Crippen molar-refractivity contribution in [3.05, 3.63) is 60.2 Å². The average Bonchev–Trinajstić information content (AvgIpc) is 2.53. The first-order valence-corrected chi connectivity index (χ1v) is 7.29. The molecule has 4 nitrogen and oxygen atoms in total. The van der Waals surface area contributed by atoms with Gasteiger partial charge in [-0.2, -0.15) is 0 Å². The van der Waals surface area contributed by atoms with Crippen molar-refractivity contribution in [3.8, 4) is 11.5 Å². The van der Waals surface area contributed by atoms with Crippen LogP contribution in [0.5, 0.6) is 11.5 Å². The van der Waals surface area contributed by atoms with Gasteiger partial charge in [0.2, 0.25) is 0 Å². The van der Waals surface area contributed by atoms with E-state index in [1.165, 1.54) is 0 Å².